The molecule has 2 N–H and O–H groups in total. The normalized spacial score (nSPS) is 16.3. The number of hydrogen-bond donors (Lipinski definition) is 2. The van der Waals surface area contributed by atoms with Crippen LogP contribution >= 0.6 is 0 Å². The van der Waals surface area contributed by atoms with E-state index in [1.807, 2.05) is 47.4 Å². The van der Waals surface area contributed by atoms with Gasteiger partial charge in [-0.3, -0.25) is 4.79 Å². The van der Waals surface area contributed by atoms with Gasteiger partial charge in [0, 0.05) is 36.8 Å². The summed E-state index contributed by atoms with van der Waals surface area (Å²) in [6, 6.07) is 15.8. The Kier molecular flexibility index (Phi) is 8.10. The number of rotatable bonds is 7. The van der Waals surface area contributed by atoms with Gasteiger partial charge in [0.1, 0.15) is 0 Å². The predicted molar refractivity (Wildman–Crippen MR) is 127 cm³/mol. The van der Waals surface area contributed by atoms with Crippen LogP contribution in [0.4, 0.5) is 10.5 Å². The third-order valence-electron chi connectivity index (χ3n) is 5.95. The molecule has 1 heterocycles. The smallest absolute Gasteiger partial charge is 0.321 e. The minimum atomic E-state index is -0.0588. The first-order valence-electron chi connectivity index (χ1n) is 11.5. The van der Waals surface area contributed by atoms with E-state index in [9.17, 15) is 9.59 Å². The standard InChI is InChI=1S/C26H35N3O2/c1-4-20-10-12-24(13-11-20)28-26(31)29-16-6-9-23(18-29)21-7-5-8-22(17-21)25(30)27-15-14-19(2)3/h5,7-8,10-13,17,19,23H,4,6,9,14-16,18H2,1-3H3,(H,27,30)(H,28,31)/t23-/m1/s1. The zero-order chi connectivity index (χ0) is 22.2. The van der Waals surface area contributed by atoms with Gasteiger partial charge < -0.3 is 15.5 Å². The van der Waals surface area contributed by atoms with Crippen LogP contribution in [0.3, 0.4) is 0 Å². The van der Waals surface area contributed by atoms with Crippen LogP contribution in [0.25, 0.3) is 0 Å². The molecule has 0 bridgehead atoms. The molecule has 2 aromatic carbocycles. The number of aryl methyl sites for hydroxylation is 1. The summed E-state index contributed by atoms with van der Waals surface area (Å²) < 4.78 is 0. The van der Waals surface area contributed by atoms with Crippen molar-refractivity contribution in [2.45, 2.75) is 52.4 Å². The summed E-state index contributed by atoms with van der Waals surface area (Å²) >= 11 is 0. The summed E-state index contributed by atoms with van der Waals surface area (Å²) in [5, 5.41) is 6.03. The summed E-state index contributed by atoms with van der Waals surface area (Å²) in [7, 11) is 0. The Labute approximate surface area is 186 Å². The van der Waals surface area contributed by atoms with E-state index in [2.05, 4.69) is 37.5 Å². The Morgan fingerprint density at radius 2 is 1.90 bits per heavy atom. The number of carbonyl (C=O) groups excluding carboxylic acids is 2. The Balaban J connectivity index is 1.60. The number of anilines is 1. The van der Waals surface area contributed by atoms with Crippen LogP contribution in [-0.4, -0.2) is 36.5 Å². The van der Waals surface area contributed by atoms with Crippen molar-refractivity contribution in [2.24, 2.45) is 5.92 Å². The first-order valence-corrected chi connectivity index (χ1v) is 11.5. The predicted octanol–water partition coefficient (Wildman–Crippen LogP) is 5.44. The minimum absolute atomic E-state index is 0.0246. The number of amides is 3. The number of benzene rings is 2. The van der Waals surface area contributed by atoms with E-state index in [1.165, 1.54) is 5.56 Å². The van der Waals surface area contributed by atoms with Gasteiger partial charge >= 0.3 is 6.03 Å². The largest absolute Gasteiger partial charge is 0.352 e. The molecule has 31 heavy (non-hydrogen) atoms. The molecule has 1 atom stereocenters. The quantitative estimate of drug-likeness (QED) is 0.626. The summed E-state index contributed by atoms with van der Waals surface area (Å²) in [5.41, 5.74) is 3.90. The lowest BCUT2D eigenvalue weighted by Gasteiger charge is -2.33. The van der Waals surface area contributed by atoms with Gasteiger partial charge in [-0.1, -0.05) is 45.0 Å². The molecule has 0 unspecified atom stereocenters. The average Bonchev–Trinajstić information content (AvgIpc) is 2.79. The highest BCUT2D eigenvalue weighted by atomic mass is 16.2. The Bertz CT molecular complexity index is 876. The number of urea groups is 1. The lowest BCUT2D eigenvalue weighted by molar-refractivity contribution is 0.0951. The summed E-state index contributed by atoms with van der Waals surface area (Å²) in [6.07, 6.45) is 3.93. The molecule has 0 spiro atoms. The van der Waals surface area contributed by atoms with Gasteiger partial charge in [-0.15, -0.1) is 0 Å². The first-order chi connectivity index (χ1) is 15.0. The molecule has 3 rings (SSSR count). The van der Waals surface area contributed by atoms with Gasteiger partial charge in [-0.2, -0.15) is 0 Å². The van der Waals surface area contributed by atoms with Crippen LogP contribution in [0.15, 0.2) is 48.5 Å². The molecule has 5 nitrogen and oxygen atoms in total. The van der Waals surface area contributed by atoms with Crippen LogP contribution < -0.4 is 10.6 Å². The monoisotopic (exact) mass is 421 g/mol. The topological polar surface area (TPSA) is 61.4 Å². The number of likely N-dealkylation sites (tertiary alicyclic amines) is 1. The summed E-state index contributed by atoms with van der Waals surface area (Å²) in [4.78, 5) is 27.2. The van der Waals surface area contributed by atoms with E-state index in [0.29, 0.717) is 24.6 Å². The molecule has 0 radical (unpaired) electrons. The molecule has 5 heteroatoms. The van der Waals surface area contributed by atoms with Crippen molar-refractivity contribution in [1.82, 2.24) is 10.2 Å². The number of carbonyl (C=O) groups is 2. The van der Waals surface area contributed by atoms with Gasteiger partial charge in [0.2, 0.25) is 0 Å². The molecule has 1 aliphatic heterocycles. The molecule has 1 aliphatic rings. The maximum Gasteiger partial charge on any atom is 0.321 e. The number of nitrogens with one attached hydrogen (secondary N) is 2. The lowest BCUT2D eigenvalue weighted by atomic mass is 9.89. The Morgan fingerprint density at radius 1 is 1.13 bits per heavy atom. The highest BCUT2D eigenvalue weighted by Crippen LogP contribution is 2.28. The van der Waals surface area contributed by atoms with E-state index in [-0.39, 0.29) is 17.9 Å². The number of piperidine rings is 1. The second-order valence-corrected chi connectivity index (χ2v) is 8.83. The third-order valence-corrected chi connectivity index (χ3v) is 5.95. The van der Waals surface area contributed by atoms with Crippen LogP contribution in [-0.2, 0) is 6.42 Å². The maximum absolute atomic E-state index is 12.8. The first kappa shape index (κ1) is 22.9. The zero-order valence-electron chi connectivity index (χ0n) is 19.0. The van der Waals surface area contributed by atoms with Crippen molar-refractivity contribution in [3.05, 3.63) is 65.2 Å². The van der Waals surface area contributed by atoms with Crippen LogP contribution in [0.5, 0.6) is 0 Å². The molecule has 0 aliphatic carbocycles. The molecule has 2 aromatic rings. The third kappa shape index (κ3) is 6.58. The number of hydrogen-bond acceptors (Lipinski definition) is 2. The number of nitrogens with zero attached hydrogens (tertiary/aromatic N) is 1. The molecule has 1 fully saturated rings. The van der Waals surface area contributed by atoms with Crippen molar-refractivity contribution in [2.75, 3.05) is 25.0 Å². The van der Waals surface area contributed by atoms with Gasteiger partial charge in [-0.05, 0) is 67.0 Å². The van der Waals surface area contributed by atoms with Crippen LogP contribution in [0.2, 0.25) is 0 Å². The van der Waals surface area contributed by atoms with Crippen molar-refractivity contribution >= 4 is 17.6 Å². The van der Waals surface area contributed by atoms with Crippen molar-refractivity contribution in [3.8, 4) is 0 Å². The average molecular weight is 422 g/mol. The van der Waals surface area contributed by atoms with E-state index in [0.717, 1.165) is 43.5 Å². The van der Waals surface area contributed by atoms with Crippen molar-refractivity contribution in [3.63, 3.8) is 0 Å². The van der Waals surface area contributed by atoms with E-state index in [4.69, 9.17) is 0 Å². The molecular weight excluding hydrogens is 386 g/mol. The van der Waals surface area contributed by atoms with E-state index >= 15 is 0 Å². The maximum atomic E-state index is 12.8. The van der Waals surface area contributed by atoms with Gasteiger partial charge in [0.05, 0.1) is 0 Å². The van der Waals surface area contributed by atoms with Crippen molar-refractivity contribution in [1.29, 1.82) is 0 Å². The Hall–Kier alpha value is -2.82. The van der Waals surface area contributed by atoms with Gasteiger partial charge in [0.25, 0.3) is 5.91 Å². The van der Waals surface area contributed by atoms with Gasteiger partial charge in [-0.25, -0.2) is 4.79 Å². The zero-order valence-corrected chi connectivity index (χ0v) is 19.0. The van der Waals surface area contributed by atoms with Crippen LogP contribution in [0, 0.1) is 5.92 Å². The van der Waals surface area contributed by atoms with Gasteiger partial charge in [0.15, 0.2) is 0 Å². The highest BCUT2D eigenvalue weighted by molar-refractivity contribution is 5.94. The van der Waals surface area contributed by atoms with E-state index < -0.39 is 0 Å². The molecule has 3 amide bonds. The second-order valence-electron chi connectivity index (χ2n) is 8.83. The fourth-order valence-electron chi connectivity index (χ4n) is 3.97. The molecule has 0 aromatic heterocycles. The van der Waals surface area contributed by atoms with Crippen LogP contribution in [0.1, 0.15) is 67.4 Å². The lowest BCUT2D eigenvalue weighted by Crippen LogP contribution is -2.41. The Morgan fingerprint density at radius 3 is 2.61 bits per heavy atom. The second kappa shape index (κ2) is 11.0. The molecule has 166 valence electrons. The summed E-state index contributed by atoms with van der Waals surface area (Å²) in [6.45, 7) is 8.53. The summed E-state index contributed by atoms with van der Waals surface area (Å²) in [5.74, 6) is 0.782. The molecule has 1 saturated heterocycles. The molecule has 0 saturated carbocycles. The fourth-order valence-corrected chi connectivity index (χ4v) is 3.97. The minimum Gasteiger partial charge on any atom is -0.352 e. The van der Waals surface area contributed by atoms with E-state index in [1.54, 1.807) is 0 Å². The van der Waals surface area contributed by atoms with Crippen molar-refractivity contribution < 1.29 is 9.59 Å². The fraction of sp³-hybridized carbons (Fsp3) is 0.462. The molecular formula is C26H35N3O2. The SMILES string of the molecule is CCc1ccc(NC(=O)N2CCC[C@@H](c3cccc(C(=O)NCCC(C)C)c3)C2)cc1. The highest BCUT2D eigenvalue weighted by Gasteiger charge is 2.25.